The maximum absolute atomic E-state index is 12.9. The van der Waals surface area contributed by atoms with Crippen LogP contribution >= 0.6 is 0 Å². The molecule has 10 heteroatoms. The highest BCUT2D eigenvalue weighted by Gasteiger charge is 2.35. The molecule has 1 aliphatic heterocycles. The van der Waals surface area contributed by atoms with Crippen LogP contribution < -0.4 is 5.32 Å². The molecule has 0 bridgehead atoms. The van der Waals surface area contributed by atoms with Crippen LogP contribution in [-0.4, -0.2) is 57.1 Å². The summed E-state index contributed by atoms with van der Waals surface area (Å²) in [6, 6.07) is 11.6. The Morgan fingerprint density at radius 3 is 2.35 bits per heavy atom. The fourth-order valence-corrected chi connectivity index (χ4v) is 3.79. The summed E-state index contributed by atoms with van der Waals surface area (Å²) in [6.07, 6.45) is -5.48. The van der Waals surface area contributed by atoms with Gasteiger partial charge in [-0.05, 0) is 12.1 Å². The third kappa shape index (κ3) is 4.11. The average Bonchev–Trinajstić information content (AvgIpc) is 3.17. The first-order valence-electron chi connectivity index (χ1n) is 9.56. The molecule has 1 fully saturated rings. The van der Waals surface area contributed by atoms with Crippen LogP contribution in [0.25, 0.3) is 22.0 Å². The van der Waals surface area contributed by atoms with Crippen molar-refractivity contribution in [1.29, 1.82) is 0 Å². The second-order valence-electron chi connectivity index (χ2n) is 7.40. The van der Waals surface area contributed by atoms with E-state index in [-0.39, 0.29) is 31.7 Å². The fourth-order valence-electron chi connectivity index (χ4n) is 3.79. The molecule has 2 aromatic carbocycles. The molecule has 1 aromatic heterocycles. The zero-order valence-electron chi connectivity index (χ0n) is 16.2. The zero-order chi connectivity index (χ0) is 22.2. The smallest absolute Gasteiger partial charge is 0.416 e. The molecule has 3 aromatic rings. The van der Waals surface area contributed by atoms with Crippen molar-refractivity contribution in [3.63, 3.8) is 0 Å². The van der Waals surface area contributed by atoms with E-state index in [1.807, 2.05) is 0 Å². The van der Waals surface area contributed by atoms with Crippen LogP contribution in [0.3, 0.4) is 0 Å². The summed E-state index contributed by atoms with van der Waals surface area (Å²) >= 11 is 0. The number of carboxylic acid groups (broad SMARTS) is 1. The Bertz CT molecular complexity index is 1110. The van der Waals surface area contributed by atoms with Crippen molar-refractivity contribution in [2.45, 2.75) is 12.2 Å². The molecule has 2 heterocycles. The van der Waals surface area contributed by atoms with E-state index in [2.05, 4.69) is 15.5 Å². The molecule has 31 heavy (non-hydrogen) atoms. The van der Waals surface area contributed by atoms with E-state index in [4.69, 9.17) is 0 Å². The van der Waals surface area contributed by atoms with Gasteiger partial charge < -0.3 is 20.4 Å². The highest BCUT2D eigenvalue weighted by molar-refractivity contribution is 6.00. The van der Waals surface area contributed by atoms with Crippen molar-refractivity contribution in [3.8, 4) is 11.3 Å². The van der Waals surface area contributed by atoms with Crippen LogP contribution in [0.15, 0.2) is 48.5 Å². The van der Waals surface area contributed by atoms with Gasteiger partial charge in [0.2, 0.25) is 0 Å². The number of fused-ring (bicyclic) bond motifs is 1. The minimum absolute atomic E-state index is 0.184. The first-order chi connectivity index (χ1) is 14.8. The lowest BCUT2D eigenvalue weighted by atomic mass is 10.0. The number of nitrogens with zero attached hydrogens (tertiary/aromatic N) is 3. The fraction of sp³-hybridized carbons (Fsp3) is 0.286. The van der Waals surface area contributed by atoms with Gasteiger partial charge in [0.1, 0.15) is 5.69 Å². The maximum atomic E-state index is 12.9. The third-order valence-electron chi connectivity index (χ3n) is 5.44. The largest absolute Gasteiger partial charge is 0.465 e. The molecular weight excluding hydrogens is 413 g/mol. The lowest BCUT2D eigenvalue weighted by molar-refractivity contribution is -0.137. The normalized spacial score (nSPS) is 19.0. The summed E-state index contributed by atoms with van der Waals surface area (Å²) in [5, 5.41) is 31.9. The van der Waals surface area contributed by atoms with E-state index in [0.717, 1.165) is 12.1 Å². The van der Waals surface area contributed by atoms with Gasteiger partial charge in [-0.2, -0.15) is 13.2 Å². The Kier molecular flexibility index (Phi) is 5.40. The molecule has 1 amide bonds. The van der Waals surface area contributed by atoms with Crippen molar-refractivity contribution in [3.05, 3.63) is 54.1 Å². The lowest BCUT2D eigenvalue weighted by Gasteiger charge is -2.19. The highest BCUT2D eigenvalue weighted by atomic mass is 19.4. The molecule has 0 radical (unpaired) electrons. The topological polar surface area (TPSA) is 98.6 Å². The number of amides is 1. The maximum Gasteiger partial charge on any atom is 0.416 e. The number of hydrogen-bond donors (Lipinski definition) is 3. The van der Waals surface area contributed by atoms with Crippen LogP contribution in [0.5, 0.6) is 0 Å². The number of carbonyl (C=O) groups is 1. The van der Waals surface area contributed by atoms with Gasteiger partial charge in [-0.15, -0.1) is 10.2 Å². The Balaban J connectivity index is 1.68. The van der Waals surface area contributed by atoms with Crippen LogP contribution in [0, 0.1) is 5.92 Å². The quantitative estimate of drug-likeness (QED) is 0.582. The first kappa shape index (κ1) is 20.9. The van der Waals surface area contributed by atoms with Gasteiger partial charge >= 0.3 is 12.3 Å². The molecule has 1 aliphatic rings. The van der Waals surface area contributed by atoms with Crippen molar-refractivity contribution < 1.29 is 28.2 Å². The van der Waals surface area contributed by atoms with Gasteiger partial charge in [-0.1, -0.05) is 36.4 Å². The van der Waals surface area contributed by atoms with Gasteiger partial charge in [-0.3, -0.25) is 0 Å². The first-order valence-corrected chi connectivity index (χ1v) is 9.56. The van der Waals surface area contributed by atoms with E-state index in [1.165, 1.54) is 17.0 Å². The average molecular weight is 432 g/mol. The summed E-state index contributed by atoms with van der Waals surface area (Å²) in [5.41, 5.74) is 0.188. The standard InChI is InChI=1S/C21H19F3N4O3/c22-21(23,24)14-7-5-12(6-8-14)18-15-3-1-2-4-16(15)19(27-26-18)25-17-10-28(20(30)31)9-13(17)11-29/h1-8,13,17,29H,9-11H2,(H,25,27)(H,30,31)/t13-,17+/m0/s1. The minimum atomic E-state index is -4.42. The number of alkyl halides is 3. The number of aromatic nitrogens is 2. The second-order valence-corrected chi connectivity index (χ2v) is 7.40. The number of aliphatic hydroxyl groups is 1. The number of aliphatic hydroxyl groups excluding tert-OH is 1. The van der Waals surface area contributed by atoms with E-state index < -0.39 is 17.8 Å². The molecule has 0 unspecified atom stereocenters. The highest BCUT2D eigenvalue weighted by Crippen LogP contribution is 2.34. The Morgan fingerprint density at radius 2 is 1.74 bits per heavy atom. The monoisotopic (exact) mass is 432 g/mol. The van der Waals surface area contributed by atoms with Crippen molar-refractivity contribution >= 4 is 22.7 Å². The Morgan fingerprint density at radius 1 is 1.06 bits per heavy atom. The molecule has 0 saturated carbocycles. The molecular formula is C21H19F3N4O3. The van der Waals surface area contributed by atoms with Gasteiger partial charge in [0.05, 0.1) is 11.6 Å². The number of hydrogen-bond acceptors (Lipinski definition) is 5. The number of benzene rings is 2. The van der Waals surface area contributed by atoms with Crippen molar-refractivity contribution in [1.82, 2.24) is 15.1 Å². The number of likely N-dealkylation sites (tertiary alicyclic amines) is 1. The Hall–Kier alpha value is -3.40. The summed E-state index contributed by atoms with van der Waals surface area (Å²) in [7, 11) is 0. The number of anilines is 1. The van der Waals surface area contributed by atoms with Crippen LogP contribution in [-0.2, 0) is 6.18 Å². The molecule has 7 nitrogen and oxygen atoms in total. The zero-order valence-corrected chi connectivity index (χ0v) is 16.2. The van der Waals surface area contributed by atoms with Crippen LogP contribution in [0.1, 0.15) is 5.56 Å². The predicted octanol–water partition coefficient (Wildman–Crippen LogP) is 3.70. The van der Waals surface area contributed by atoms with E-state index in [0.29, 0.717) is 27.8 Å². The summed E-state index contributed by atoms with van der Waals surface area (Å²) in [5.74, 6) is 0.119. The van der Waals surface area contributed by atoms with E-state index >= 15 is 0 Å². The van der Waals surface area contributed by atoms with Crippen LogP contribution in [0.2, 0.25) is 0 Å². The molecule has 3 N–H and O–H groups in total. The van der Waals surface area contributed by atoms with Gasteiger partial charge in [-0.25, -0.2) is 4.79 Å². The van der Waals surface area contributed by atoms with E-state index in [1.54, 1.807) is 24.3 Å². The predicted molar refractivity (Wildman–Crippen MR) is 108 cm³/mol. The second kappa shape index (κ2) is 8.03. The SMILES string of the molecule is O=C(O)N1C[C@@H](CO)[C@H](Nc2nnc(-c3ccc(C(F)(F)F)cc3)c3ccccc23)C1. The third-order valence-corrected chi connectivity index (χ3v) is 5.44. The molecule has 1 saturated heterocycles. The molecule has 2 atom stereocenters. The minimum Gasteiger partial charge on any atom is -0.465 e. The van der Waals surface area contributed by atoms with Crippen LogP contribution in [0.4, 0.5) is 23.8 Å². The lowest BCUT2D eigenvalue weighted by Crippen LogP contribution is -2.32. The molecule has 0 spiro atoms. The number of nitrogens with one attached hydrogen (secondary N) is 1. The molecule has 0 aliphatic carbocycles. The molecule has 162 valence electrons. The van der Waals surface area contributed by atoms with Crippen molar-refractivity contribution in [2.75, 3.05) is 25.0 Å². The van der Waals surface area contributed by atoms with Gasteiger partial charge in [0.25, 0.3) is 0 Å². The summed E-state index contributed by atoms with van der Waals surface area (Å²) < 4.78 is 38.6. The summed E-state index contributed by atoms with van der Waals surface area (Å²) in [4.78, 5) is 12.5. The van der Waals surface area contributed by atoms with Gasteiger partial charge in [0.15, 0.2) is 5.82 Å². The van der Waals surface area contributed by atoms with E-state index in [9.17, 15) is 28.2 Å². The number of rotatable bonds is 4. The summed E-state index contributed by atoms with van der Waals surface area (Å²) in [6.45, 7) is 0.214. The van der Waals surface area contributed by atoms with Gasteiger partial charge in [0, 0.05) is 42.0 Å². The Labute approximate surface area is 175 Å². The molecule has 4 rings (SSSR count). The number of halogens is 3. The van der Waals surface area contributed by atoms with Crippen molar-refractivity contribution in [2.24, 2.45) is 5.92 Å².